The molecule has 0 aromatic heterocycles. The monoisotopic (exact) mass is 446 g/mol. The Labute approximate surface area is 185 Å². The van der Waals surface area contributed by atoms with E-state index in [-0.39, 0.29) is 18.9 Å². The molecule has 0 spiro atoms. The number of rotatable bonds is 7. The van der Waals surface area contributed by atoms with Crippen LogP contribution in [-0.2, 0) is 16.1 Å². The number of nitrogens with one attached hydrogen (secondary N) is 4. The second-order valence-corrected chi connectivity index (χ2v) is 7.75. The molecule has 0 saturated carbocycles. The maximum absolute atomic E-state index is 12.9. The van der Waals surface area contributed by atoms with Crippen LogP contribution < -0.4 is 26.0 Å². The van der Waals surface area contributed by atoms with Gasteiger partial charge in [-0.1, -0.05) is 12.1 Å². The highest BCUT2D eigenvalue weighted by Crippen LogP contribution is 2.28. The third-order valence-corrected chi connectivity index (χ3v) is 3.89. The van der Waals surface area contributed by atoms with E-state index in [1.807, 2.05) is 0 Å². The first-order valence-corrected chi connectivity index (χ1v) is 9.80. The summed E-state index contributed by atoms with van der Waals surface area (Å²) in [6, 6.07) is 9.81. The Balaban J connectivity index is 1.86. The van der Waals surface area contributed by atoms with Crippen LogP contribution in [0.5, 0.6) is 5.75 Å². The normalized spacial score (nSPS) is 10.7. The third kappa shape index (κ3) is 8.50. The van der Waals surface area contributed by atoms with Crippen molar-refractivity contribution in [3.63, 3.8) is 0 Å². The van der Waals surface area contributed by atoms with Gasteiger partial charge in [-0.3, -0.25) is 10.1 Å². The lowest BCUT2D eigenvalue weighted by atomic mass is 10.2. The molecule has 0 radical (unpaired) electrons. The molecule has 0 aliphatic carbocycles. The van der Waals surface area contributed by atoms with Gasteiger partial charge < -0.3 is 25.4 Å². The average Bonchev–Trinajstić information content (AvgIpc) is 2.70. The fraction of sp³-hybridized carbons (Fsp3) is 0.318. The van der Waals surface area contributed by atoms with E-state index in [2.05, 4.69) is 21.3 Å². The Kier molecular flexibility index (Phi) is 8.39. The fourth-order valence-electron chi connectivity index (χ4n) is 2.51. The predicted octanol–water partition coefficient (Wildman–Crippen LogP) is 3.62. The summed E-state index contributed by atoms with van der Waals surface area (Å²) in [6.45, 7) is 5.12. The molecular formula is C22H27FN4O5. The van der Waals surface area contributed by atoms with E-state index in [1.54, 1.807) is 45.0 Å². The van der Waals surface area contributed by atoms with Gasteiger partial charge in [0.1, 0.15) is 17.2 Å². The quantitative estimate of drug-likeness (QED) is 0.518. The number of urea groups is 1. The van der Waals surface area contributed by atoms with Crippen molar-refractivity contribution in [1.82, 2.24) is 10.6 Å². The Bertz CT molecular complexity index is 958. The Morgan fingerprint density at radius 1 is 0.969 bits per heavy atom. The van der Waals surface area contributed by atoms with Gasteiger partial charge in [-0.05, 0) is 56.7 Å². The van der Waals surface area contributed by atoms with E-state index in [1.165, 1.54) is 25.3 Å². The average molecular weight is 446 g/mol. The first-order valence-electron chi connectivity index (χ1n) is 9.80. The molecule has 4 N–H and O–H groups in total. The maximum atomic E-state index is 12.9. The zero-order chi connectivity index (χ0) is 23.7. The number of carbonyl (C=O) groups excluding carboxylic acids is 3. The largest absolute Gasteiger partial charge is 0.495 e. The summed E-state index contributed by atoms with van der Waals surface area (Å²) in [5.41, 5.74) is 0.737. The standard InChI is InChI=1S/C22H27FN4O5/c1-22(2,3)32-21(30)27-17-11-16(9-10-18(17)31-4)26-19(28)13-25-20(29)24-12-14-5-7-15(23)8-6-14/h5-11H,12-13H2,1-4H3,(H,26,28)(H,27,30)(H2,24,25,29). The van der Waals surface area contributed by atoms with Crippen LogP contribution in [0.3, 0.4) is 0 Å². The van der Waals surface area contributed by atoms with Gasteiger partial charge in [0.15, 0.2) is 0 Å². The number of ether oxygens (including phenoxy) is 2. The molecule has 0 unspecified atom stereocenters. The van der Waals surface area contributed by atoms with Crippen LogP contribution in [0.4, 0.5) is 25.4 Å². The molecule has 32 heavy (non-hydrogen) atoms. The number of halogens is 1. The van der Waals surface area contributed by atoms with Crippen LogP contribution in [0.25, 0.3) is 0 Å². The minimum Gasteiger partial charge on any atom is -0.495 e. The van der Waals surface area contributed by atoms with Crippen LogP contribution in [0.1, 0.15) is 26.3 Å². The molecule has 0 bridgehead atoms. The lowest BCUT2D eigenvalue weighted by molar-refractivity contribution is -0.115. The van der Waals surface area contributed by atoms with Crippen LogP contribution in [-0.4, -0.2) is 37.3 Å². The van der Waals surface area contributed by atoms with E-state index in [4.69, 9.17) is 9.47 Å². The number of methoxy groups -OCH3 is 1. The van der Waals surface area contributed by atoms with Gasteiger partial charge in [0.25, 0.3) is 0 Å². The summed E-state index contributed by atoms with van der Waals surface area (Å²) in [6.07, 6.45) is -0.668. The number of amides is 4. The Morgan fingerprint density at radius 2 is 1.66 bits per heavy atom. The van der Waals surface area contributed by atoms with Crippen molar-refractivity contribution >= 4 is 29.4 Å². The molecular weight excluding hydrogens is 419 g/mol. The van der Waals surface area contributed by atoms with Gasteiger partial charge in [-0.2, -0.15) is 0 Å². The smallest absolute Gasteiger partial charge is 0.412 e. The molecule has 0 fully saturated rings. The number of hydrogen-bond acceptors (Lipinski definition) is 5. The van der Waals surface area contributed by atoms with Crippen LogP contribution in [0.2, 0.25) is 0 Å². The molecule has 9 nitrogen and oxygen atoms in total. The summed E-state index contributed by atoms with van der Waals surface area (Å²) in [7, 11) is 1.45. The summed E-state index contributed by atoms with van der Waals surface area (Å²) >= 11 is 0. The number of benzene rings is 2. The van der Waals surface area contributed by atoms with Gasteiger partial charge in [0.05, 0.1) is 19.3 Å². The SMILES string of the molecule is COc1ccc(NC(=O)CNC(=O)NCc2ccc(F)cc2)cc1NC(=O)OC(C)(C)C. The Morgan fingerprint density at radius 3 is 2.28 bits per heavy atom. The van der Waals surface area contributed by atoms with Crippen LogP contribution >= 0.6 is 0 Å². The van der Waals surface area contributed by atoms with Crippen LogP contribution in [0, 0.1) is 5.82 Å². The van der Waals surface area contributed by atoms with E-state index in [0.29, 0.717) is 22.7 Å². The van der Waals surface area contributed by atoms with Crippen molar-refractivity contribution < 1.29 is 28.2 Å². The van der Waals surface area contributed by atoms with E-state index < -0.39 is 23.6 Å². The molecule has 0 saturated heterocycles. The van der Waals surface area contributed by atoms with Gasteiger partial charge in [0.2, 0.25) is 5.91 Å². The minimum atomic E-state index is -0.675. The molecule has 172 valence electrons. The number of anilines is 2. The molecule has 10 heteroatoms. The van der Waals surface area contributed by atoms with Gasteiger partial charge in [0, 0.05) is 12.2 Å². The van der Waals surface area contributed by atoms with Gasteiger partial charge in [-0.15, -0.1) is 0 Å². The molecule has 4 amide bonds. The summed E-state index contributed by atoms with van der Waals surface area (Å²) in [5, 5.41) is 10.2. The number of carbonyl (C=O) groups is 3. The molecule has 0 aliphatic heterocycles. The molecule has 2 aromatic rings. The molecule has 2 aromatic carbocycles. The lowest BCUT2D eigenvalue weighted by Gasteiger charge is -2.20. The Hall–Kier alpha value is -3.82. The predicted molar refractivity (Wildman–Crippen MR) is 118 cm³/mol. The highest BCUT2D eigenvalue weighted by molar-refractivity contribution is 5.96. The third-order valence-electron chi connectivity index (χ3n) is 3.89. The van der Waals surface area contributed by atoms with E-state index in [9.17, 15) is 18.8 Å². The first kappa shape index (κ1) is 24.4. The molecule has 0 heterocycles. The summed E-state index contributed by atoms with van der Waals surface area (Å²) < 4.78 is 23.3. The van der Waals surface area contributed by atoms with Crippen LogP contribution in [0.15, 0.2) is 42.5 Å². The van der Waals surface area contributed by atoms with Crippen molar-refractivity contribution in [3.05, 3.63) is 53.8 Å². The summed E-state index contributed by atoms with van der Waals surface area (Å²) in [4.78, 5) is 36.1. The lowest BCUT2D eigenvalue weighted by Crippen LogP contribution is -2.39. The van der Waals surface area contributed by atoms with E-state index in [0.717, 1.165) is 0 Å². The second-order valence-electron chi connectivity index (χ2n) is 7.75. The second kappa shape index (κ2) is 11.0. The fourth-order valence-corrected chi connectivity index (χ4v) is 2.51. The highest BCUT2D eigenvalue weighted by atomic mass is 19.1. The van der Waals surface area contributed by atoms with Crippen molar-refractivity contribution in [2.75, 3.05) is 24.3 Å². The van der Waals surface area contributed by atoms with Crippen molar-refractivity contribution in [2.24, 2.45) is 0 Å². The van der Waals surface area contributed by atoms with Gasteiger partial charge in [-0.25, -0.2) is 14.0 Å². The zero-order valence-corrected chi connectivity index (χ0v) is 18.4. The minimum absolute atomic E-state index is 0.186. The highest BCUT2D eigenvalue weighted by Gasteiger charge is 2.18. The van der Waals surface area contributed by atoms with Crippen molar-refractivity contribution in [1.29, 1.82) is 0 Å². The zero-order valence-electron chi connectivity index (χ0n) is 18.4. The topological polar surface area (TPSA) is 118 Å². The molecule has 0 atom stereocenters. The molecule has 0 aliphatic rings. The van der Waals surface area contributed by atoms with Gasteiger partial charge >= 0.3 is 12.1 Å². The van der Waals surface area contributed by atoms with Crippen molar-refractivity contribution in [3.8, 4) is 5.75 Å². The summed E-state index contributed by atoms with van der Waals surface area (Å²) in [5.74, 6) is -0.458. The van der Waals surface area contributed by atoms with Crippen molar-refractivity contribution in [2.45, 2.75) is 32.9 Å². The maximum Gasteiger partial charge on any atom is 0.412 e. The molecule has 2 rings (SSSR count). The van der Waals surface area contributed by atoms with E-state index >= 15 is 0 Å². The number of hydrogen-bond donors (Lipinski definition) is 4. The first-order chi connectivity index (χ1) is 15.1.